The fraction of sp³-hybridized carbons (Fsp3) is 0.222. The van der Waals surface area contributed by atoms with Gasteiger partial charge in [-0.25, -0.2) is 0 Å². The van der Waals surface area contributed by atoms with Crippen LogP contribution in [0.2, 0.25) is 0 Å². The molecule has 0 aliphatic rings. The van der Waals surface area contributed by atoms with E-state index in [1.165, 1.54) is 12.1 Å². The van der Waals surface area contributed by atoms with E-state index in [4.69, 9.17) is 15.9 Å². The van der Waals surface area contributed by atoms with Gasteiger partial charge in [0.05, 0.1) is 0 Å². The number of hydrogen-bond acceptors (Lipinski definition) is 3. The van der Waals surface area contributed by atoms with Gasteiger partial charge >= 0.3 is 35.5 Å². The quantitative estimate of drug-likeness (QED) is 0.562. The number of hydrogen-bond donors (Lipinski definition) is 3. The number of rotatable bonds is 3. The maximum atomic E-state index is 10.4. The van der Waals surface area contributed by atoms with Crippen LogP contribution in [-0.2, 0) is 11.2 Å². The van der Waals surface area contributed by atoms with Crippen LogP contribution in [0.3, 0.4) is 0 Å². The van der Waals surface area contributed by atoms with Crippen LogP contribution in [0.4, 0.5) is 0 Å². The van der Waals surface area contributed by atoms with Crippen LogP contribution in [0.25, 0.3) is 0 Å². The van der Waals surface area contributed by atoms with Gasteiger partial charge in [-0.3, -0.25) is 4.79 Å². The molecule has 0 heterocycles. The van der Waals surface area contributed by atoms with E-state index in [0.29, 0.717) is 0 Å². The van der Waals surface area contributed by atoms with Gasteiger partial charge in [-0.05, 0) is 24.1 Å². The van der Waals surface area contributed by atoms with Gasteiger partial charge in [-0.15, -0.1) is 0 Å². The second-order valence-corrected chi connectivity index (χ2v) is 2.82. The van der Waals surface area contributed by atoms with E-state index < -0.39 is 12.0 Å². The van der Waals surface area contributed by atoms with E-state index in [0.717, 1.165) is 5.56 Å². The molecule has 6 N–H and O–H groups in total. The minimum absolute atomic E-state index is 0. The van der Waals surface area contributed by atoms with E-state index in [1.807, 2.05) is 0 Å². The van der Waals surface area contributed by atoms with Gasteiger partial charge in [0.2, 0.25) is 0 Å². The Balaban J connectivity index is 0. The van der Waals surface area contributed by atoms with Crippen molar-refractivity contribution in [3.63, 3.8) is 0 Å². The monoisotopic (exact) mass is 223 g/mol. The Hall–Kier alpha value is -0.590. The average molecular weight is 223 g/mol. The summed E-state index contributed by atoms with van der Waals surface area (Å²) in [5, 5.41) is 17.5. The Kier molecular flexibility index (Phi) is 8.60. The number of benzene rings is 1. The molecule has 0 aliphatic carbocycles. The second kappa shape index (κ2) is 7.67. The van der Waals surface area contributed by atoms with Crippen molar-refractivity contribution in [1.29, 1.82) is 0 Å². The zero-order valence-electron chi connectivity index (χ0n) is 7.47. The van der Waals surface area contributed by atoms with E-state index in [9.17, 15) is 4.79 Å². The van der Waals surface area contributed by atoms with Crippen molar-refractivity contribution in [3.8, 4) is 5.75 Å². The molecule has 0 bridgehead atoms. The van der Waals surface area contributed by atoms with Gasteiger partial charge < -0.3 is 21.4 Å². The molecule has 0 saturated heterocycles. The number of carbonyl (C=O) groups is 1. The molecule has 0 radical (unpaired) electrons. The molecule has 0 saturated carbocycles. The maximum absolute atomic E-state index is 10.4. The van der Waals surface area contributed by atoms with Crippen molar-refractivity contribution in [3.05, 3.63) is 29.8 Å². The summed E-state index contributed by atoms with van der Waals surface area (Å²) in [5.41, 5.74) is 6.12. The number of phenols is 1. The minimum atomic E-state index is -1.02. The van der Waals surface area contributed by atoms with Crippen molar-refractivity contribution in [2.45, 2.75) is 12.5 Å². The summed E-state index contributed by atoms with van der Waals surface area (Å²) >= 11 is 0. The summed E-state index contributed by atoms with van der Waals surface area (Å²) < 4.78 is 0. The first-order chi connectivity index (χ1) is 6.09. The van der Waals surface area contributed by atoms with Gasteiger partial charge in [-0.2, -0.15) is 0 Å². The van der Waals surface area contributed by atoms with Crippen LogP contribution in [0, 0.1) is 0 Å². The molecule has 0 spiro atoms. The third kappa shape index (κ3) is 5.76. The zero-order valence-corrected chi connectivity index (χ0v) is 7.47. The molecule has 80 valence electrons. The average Bonchev–Trinajstić information content (AvgIpc) is 2.08. The van der Waals surface area contributed by atoms with E-state index in [2.05, 4.69) is 0 Å². The molecule has 6 heteroatoms. The molecule has 0 fully saturated rings. The van der Waals surface area contributed by atoms with Crippen LogP contribution < -0.4 is 5.73 Å². The molecular weight excluding hydrogens is 209 g/mol. The molecular formula is C9H14NNaO4. The molecule has 1 atom stereocenters. The van der Waals surface area contributed by atoms with Crippen molar-refractivity contribution < 1.29 is 20.5 Å². The van der Waals surface area contributed by atoms with Gasteiger partial charge in [0.1, 0.15) is 11.8 Å². The summed E-state index contributed by atoms with van der Waals surface area (Å²) in [4.78, 5) is 10.4. The molecule has 0 aromatic heterocycles. The summed E-state index contributed by atoms with van der Waals surface area (Å²) in [5.74, 6) is -0.860. The second-order valence-electron chi connectivity index (χ2n) is 2.82. The Morgan fingerprint density at radius 3 is 2.20 bits per heavy atom. The molecule has 0 amide bonds. The Bertz CT molecular complexity index is 301. The molecule has 0 aliphatic heterocycles. The summed E-state index contributed by atoms with van der Waals surface area (Å²) in [6, 6.07) is 5.42. The molecule has 0 unspecified atom stereocenters. The topological polar surface area (TPSA) is 115 Å². The molecule has 1 aromatic carbocycles. The van der Waals surface area contributed by atoms with E-state index in [1.54, 1.807) is 12.1 Å². The van der Waals surface area contributed by atoms with E-state index >= 15 is 0 Å². The number of carboxylic acid groups (broad SMARTS) is 1. The molecule has 1 aromatic rings. The van der Waals surface area contributed by atoms with Crippen molar-refractivity contribution in [2.75, 3.05) is 0 Å². The number of aromatic hydroxyl groups is 1. The first-order valence-corrected chi connectivity index (χ1v) is 3.86. The molecule has 5 nitrogen and oxygen atoms in total. The Morgan fingerprint density at radius 1 is 1.33 bits per heavy atom. The fourth-order valence-corrected chi connectivity index (χ4v) is 0.973. The predicted octanol–water partition coefficient (Wildman–Crippen LogP) is -1.13. The van der Waals surface area contributed by atoms with Gasteiger partial charge in [0, 0.05) is 0 Å². The van der Waals surface area contributed by atoms with Gasteiger partial charge in [0.25, 0.3) is 0 Å². The first-order valence-electron chi connectivity index (χ1n) is 3.86. The number of phenolic OH excluding ortho intramolecular Hbond substituents is 1. The molecule has 1 rings (SSSR count). The van der Waals surface area contributed by atoms with Gasteiger partial charge in [0.15, 0.2) is 0 Å². The Morgan fingerprint density at radius 2 is 1.80 bits per heavy atom. The summed E-state index contributed by atoms with van der Waals surface area (Å²) in [6.07, 6.45) is 0.273. The van der Waals surface area contributed by atoms with Crippen LogP contribution in [0.15, 0.2) is 24.3 Å². The zero-order chi connectivity index (χ0) is 9.84. The normalized spacial score (nSPS) is 10.7. The SMILES string of the molecule is N[C@@H](Cc1ccc(O)cc1)C(=O)O.O.[NaH]. The first kappa shape index (κ1) is 16.8. The van der Waals surface area contributed by atoms with Crippen LogP contribution in [0.1, 0.15) is 5.56 Å². The van der Waals surface area contributed by atoms with Crippen molar-refractivity contribution in [1.82, 2.24) is 0 Å². The summed E-state index contributed by atoms with van der Waals surface area (Å²) in [7, 11) is 0. The van der Waals surface area contributed by atoms with E-state index in [-0.39, 0.29) is 47.2 Å². The standard InChI is InChI=1S/C9H11NO3.Na.H2O.H/c10-8(9(12)13)5-6-1-3-7(11)4-2-6;;;/h1-4,8,11H,5,10H2,(H,12,13);;1H2;/t8-;;;/m0.../s1. The number of carboxylic acids is 1. The summed E-state index contributed by atoms with van der Waals surface area (Å²) in [6.45, 7) is 0. The number of nitrogens with two attached hydrogens (primary N) is 1. The van der Waals surface area contributed by atoms with Crippen molar-refractivity contribution >= 4 is 35.5 Å². The predicted molar refractivity (Wildman–Crippen MR) is 58.2 cm³/mol. The third-order valence-electron chi connectivity index (χ3n) is 1.71. The Labute approximate surface area is 110 Å². The number of aliphatic carboxylic acids is 1. The van der Waals surface area contributed by atoms with Crippen molar-refractivity contribution in [2.24, 2.45) is 5.73 Å². The van der Waals surface area contributed by atoms with Gasteiger partial charge in [-0.1, -0.05) is 12.1 Å². The fourth-order valence-electron chi connectivity index (χ4n) is 0.973. The third-order valence-corrected chi connectivity index (χ3v) is 1.71. The van der Waals surface area contributed by atoms with Crippen LogP contribution in [-0.4, -0.2) is 57.3 Å². The van der Waals surface area contributed by atoms with Crippen LogP contribution >= 0.6 is 0 Å². The van der Waals surface area contributed by atoms with Crippen LogP contribution in [0.5, 0.6) is 5.75 Å². The molecule has 15 heavy (non-hydrogen) atoms.